The minimum absolute atomic E-state index is 0.0728. The zero-order valence-corrected chi connectivity index (χ0v) is 24.9. The van der Waals surface area contributed by atoms with Gasteiger partial charge in [0.2, 0.25) is 0 Å². The predicted molar refractivity (Wildman–Crippen MR) is 156 cm³/mol. The molecule has 0 aromatic carbocycles. The normalized spacial score (nSPS) is 13.1. The fraction of sp³-hybridized carbons (Fsp3) is 0.970. The second-order valence-electron chi connectivity index (χ2n) is 11.6. The van der Waals surface area contributed by atoms with E-state index in [2.05, 4.69) is 27.7 Å². The summed E-state index contributed by atoms with van der Waals surface area (Å²) in [6.07, 6.45) is 33.8. The molecule has 2 nitrogen and oxygen atoms in total. The van der Waals surface area contributed by atoms with Crippen LogP contribution in [0.3, 0.4) is 0 Å². The van der Waals surface area contributed by atoms with Crippen molar-refractivity contribution in [2.24, 2.45) is 5.41 Å². The number of carbonyl (C=O) groups excluding carboxylic acids is 1. The summed E-state index contributed by atoms with van der Waals surface area (Å²) in [5, 5.41) is 0. The quantitative estimate of drug-likeness (QED) is 0.0798. The first-order valence-corrected chi connectivity index (χ1v) is 16.3. The molecule has 1 unspecified atom stereocenters. The molecule has 0 heterocycles. The van der Waals surface area contributed by atoms with Crippen molar-refractivity contribution in [3.8, 4) is 0 Å². The average Bonchev–Trinajstić information content (AvgIpc) is 2.86. The van der Waals surface area contributed by atoms with E-state index in [9.17, 15) is 4.79 Å². The summed E-state index contributed by atoms with van der Waals surface area (Å²) in [6, 6.07) is 0. The molecular weight excluding hydrogens is 428 g/mol. The average molecular weight is 495 g/mol. The van der Waals surface area contributed by atoms with Crippen LogP contribution in [0.2, 0.25) is 0 Å². The summed E-state index contributed by atoms with van der Waals surface area (Å²) in [6.45, 7) is 9.56. The lowest BCUT2D eigenvalue weighted by molar-refractivity contribution is -0.156. The van der Waals surface area contributed by atoms with E-state index in [0.29, 0.717) is 6.61 Å². The first-order valence-electron chi connectivity index (χ1n) is 16.3. The molecule has 2 heteroatoms. The van der Waals surface area contributed by atoms with Crippen molar-refractivity contribution >= 4 is 5.97 Å². The molecule has 0 radical (unpaired) electrons. The number of esters is 1. The van der Waals surface area contributed by atoms with Crippen LogP contribution in [0.5, 0.6) is 0 Å². The number of hydrogen-bond acceptors (Lipinski definition) is 2. The zero-order valence-electron chi connectivity index (χ0n) is 24.9. The molecular formula is C33H66O2. The Morgan fingerprint density at radius 1 is 0.457 bits per heavy atom. The molecule has 210 valence electrons. The van der Waals surface area contributed by atoms with Gasteiger partial charge in [0.1, 0.15) is 0 Å². The van der Waals surface area contributed by atoms with Crippen LogP contribution in [-0.4, -0.2) is 12.6 Å². The molecule has 0 aliphatic rings. The van der Waals surface area contributed by atoms with Crippen LogP contribution >= 0.6 is 0 Å². The van der Waals surface area contributed by atoms with Gasteiger partial charge in [0.25, 0.3) is 0 Å². The Morgan fingerprint density at radius 3 is 1.17 bits per heavy atom. The summed E-state index contributed by atoms with van der Waals surface area (Å²) in [7, 11) is 0. The molecule has 35 heavy (non-hydrogen) atoms. The van der Waals surface area contributed by atoms with Crippen LogP contribution in [0.25, 0.3) is 0 Å². The summed E-state index contributed by atoms with van der Waals surface area (Å²) in [5.41, 5.74) is -0.271. The minimum atomic E-state index is -0.271. The van der Waals surface area contributed by atoms with Gasteiger partial charge in [0, 0.05) is 0 Å². The number of rotatable bonds is 28. The first kappa shape index (κ1) is 34.5. The van der Waals surface area contributed by atoms with Gasteiger partial charge in [-0.25, -0.2) is 0 Å². The van der Waals surface area contributed by atoms with E-state index >= 15 is 0 Å². The molecule has 0 rings (SSSR count). The number of hydrogen-bond donors (Lipinski definition) is 0. The third-order valence-corrected chi connectivity index (χ3v) is 7.89. The fourth-order valence-corrected chi connectivity index (χ4v) is 5.18. The Hall–Kier alpha value is -0.530. The second kappa shape index (κ2) is 26.5. The lowest BCUT2D eigenvalue weighted by Crippen LogP contribution is -2.30. The van der Waals surface area contributed by atoms with Gasteiger partial charge in [0.05, 0.1) is 12.0 Å². The van der Waals surface area contributed by atoms with Gasteiger partial charge in [-0.2, -0.15) is 0 Å². The largest absolute Gasteiger partial charge is 0.465 e. The Labute approximate surface area is 222 Å². The smallest absolute Gasteiger partial charge is 0.311 e. The maximum Gasteiger partial charge on any atom is 0.311 e. The van der Waals surface area contributed by atoms with Crippen molar-refractivity contribution in [1.82, 2.24) is 0 Å². The van der Waals surface area contributed by atoms with E-state index in [4.69, 9.17) is 4.74 Å². The van der Waals surface area contributed by atoms with Crippen molar-refractivity contribution in [2.75, 3.05) is 6.61 Å². The highest BCUT2D eigenvalue weighted by Gasteiger charge is 2.33. The molecule has 0 aliphatic heterocycles. The molecule has 0 spiro atoms. The molecule has 0 N–H and O–H groups in total. The third kappa shape index (κ3) is 22.4. The summed E-state index contributed by atoms with van der Waals surface area (Å²) < 4.78 is 5.78. The van der Waals surface area contributed by atoms with Crippen LogP contribution < -0.4 is 0 Å². The van der Waals surface area contributed by atoms with Crippen LogP contribution in [0.15, 0.2) is 0 Å². The zero-order chi connectivity index (χ0) is 25.9. The molecule has 0 bridgehead atoms. The van der Waals surface area contributed by atoms with E-state index in [-0.39, 0.29) is 11.4 Å². The van der Waals surface area contributed by atoms with Gasteiger partial charge < -0.3 is 4.74 Å². The maximum atomic E-state index is 12.9. The lowest BCUT2D eigenvalue weighted by atomic mass is 9.80. The van der Waals surface area contributed by atoms with Gasteiger partial charge in [-0.05, 0) is 26.2 Å². The lowest BCUT2D eigenvalue weighted by Gasteiger charge is -2.27. The summed E-state index contributed by atoms with van der Waals surface area (Å²) >= 11 is 0. The van der Waals surface area contributed by atoms with Crippen LogP contribution in [0, 0.1) is 5.41 Å². The standard InChI is InChI=1S/C33H66O2/c1-5-8-11-13-15-17-18-19-20-21-22-23-25-27-30-33(4,29-10-7-3)32(34)35-31-28-26-24-16-14-12-9-6-2/h5-31H2,1-4H3. The molecule has 0 aliphatic carbocycles. The molecule has 0 amide bonds. The van der Waals surface area contributed by atoms with Crippen molar-refractivity contribution in [1.29, 1.82) is 0 Å². The SMILES string of the molecule is CCCCCCCCCCCCCCCCC(C)(CCCC)C(=O)OCCCCCCCCCC. The molecule has 0 aromatic rings. The van der Waals surface area contributed by atoms with E-state index < -0.39 is 0 Å². The van der Waals surface area contributed by atoms with Crippen molar-refractivity contribution in [2.45, 2.75) is 195 Å². The van der Waals surface area contributed by atoms with Crippen LogP contribution in [0.4, 0.5) is 0 Å². The topological polar surface area (TPSA) is 26.3 Å². The maximum absolute atomic E-state index is 12.9. The minimum Gasteiger partial charge on any atom is -0.465 e. The van der Waals surface area contributed by atoms with Gasteiger partial charge in [-0.1, -0.05) is 168 Å². The first-order chi connectivity index (χ1) is 17.1. The molecule has 0 saturated heterocycles. The van der Waals surface area contributed by atoms with Crippen LogP contribution in [0.1, 0.15) is 195 Å². The third-order valence-electron chi connectivity index (χ3n) is 7.89. The molecule has 0 aromatic heterocycles. The Morgan fingerprint density at radius 2 is 0.771 bits per heavy atom. The van der Waals surface area contributed by atoms with Crippen molar-refractivity contribution in [3.05, 3.63) is 0 Å². The highest BCUT2D eigenvalue weighted by molar-refractivity contribution is 5.76. The summed E-state index contributed by atoms with van der Waals surface area (Å²) in [4.78, 5) is 12.9. The Balaban J connectivity index is 3.83. The monoisotopic (exact) mass is 495 g/mol. The Bertz CT molecular complexity index is 433. The Kier molecular flexibility index (Phi) is 26.1. The van der Waals surface area contributed by atoms with Gasteiger partial charge in [-0.15, -0.1) is 0 Å². The highest BCUT2D eigenvalue weighted by atomic mass is 16.5. The van der Waals surface area contributed by atoms with Crippen LogP contribution in [-0.2, 0) is 9.53 Å². The number of ether oxygens (including phenoxy) is 1. The van der Waals surface area contributed by atoms with Gasteiger partial charge in [0.15, 0.2) is 0 Å². The van der Waals surface area contributed by atoms with E-state index in [1.807, 2.05) is 0 Å². The van der Waals surface area contributed by atoms with Gasteiger partial charge >= 0.3 is 5.97 Å². The van der Waals surface area contributed by atoms with Crippen molar-refractivity contribution in [3.63, 3.8) is 0 Å². The van der Waals surface area contributed by atoms with E-state index in [1.54, 1.807) is 0 Å². The van der Waals surface area contributed by atoms with Crippen molar-refractivity contribution < 1.29 is 9.53 Å². The fourth-order valence-electron chi connectivity index (χ4n) is 5.18. The second-order valence-corrected chi connectivity index (χ2v) is 11.6. The molecule has 1 atom stereocenters. The summed E-state index contributed by atoms with van der Waals surface area (Å²) in [5.74, 6) is 0.0728. The van der Waals surface area contributed by atoms with E-state index in [0.717, 1.165) is 32.1 Å². The molecule has 0 saturated carbocycles. The van der Waals surface area contributed by atoms with E-state index in [1.165, 1.54) is 135 Å². The predicted octanol–water partition coefficient (Wildman–Crippen LogP) is 11.7. The number of carbonyl (C=O) groups is 1. The number of unbranched alkanes of at least 4 members (excludes halogenated alkanes) is 21. The molecule has 0 fully saturated rings. The highest BCUT2D eigenvalue weighted by Crippen LogP contribution is 2.33. The van der Waals surface area contributed by atoms with Gasteiger partial charge in [-0.3, -0.25) is 4.79 Å².